The fraction of sp³-hybridized carbons (Fsp3) is 0.375. The van der Waals surface area contributed by atoms with Crippen LogP contribution in [0.5, 0.6) is 0 Å². The van der Waals surface area contributed by atoms with Crippen LogP contribution in [0.25, 0.3) is 0 Å². The van der Waals surface area contributed by atoms with Crippen molar-refractivity contribution in [3.63, 3.8) is 0 Å². The molecule has 1 unspecified atom stereocenters. The van der Waals surface area contributed by atoms with Crippen LogP contribution in [-0.4, -0.2) is 16.0 Å². The van der Waals surface area contributed by atoms with E-state index in [1.807, 2.05) is 6.92 Å². The molecule has 1 aromatic heterocycles. The highest BCUT2D eigenvalue weighted by molar-refractivity contribution is 5.82. The zero-order chi connectivity index (χ0) is 8.27. The molecule has 1 atom stereocenters. The van der Waals surface area contributed by atoms with Crippen LogP contribution in [0.15, 0.2) is 18.3 Å². The van der Waals surface area contributed by atoms with E-state index in [2.05, 4.69) is 10.2 Å². The van der Waals surface area contributed by atoms with E-state index in [9.17, 15) is 4.79 Å². The molecule has 1 aromatic rings. The molecular weight excluding hydrogens is 140 g/mol. The van der Waals surface area contributed by atoms with Gasteiger partial charge < -0.3 is 0 Å². The molecule has 0 saturated carbocycles. The first-order chi connectivity index (χ1) is 5.22. The molecule has 1 heterocycles. The smallest absolute Gasteiger partial charge is 0.138 e. The molecule has 0 radical (unpaired) electrons. The molecule has 0 aliphatic carbocycles. The van der Waals surface area contributed by atoms with E-state index in [0.29, 0.717) is 0 Å². The normalized spacial score (nSPS) is 12.5. The Balaban J connectivity index is 2.85. The molecule has 0 saturated heterocycles. The van der Waals surface area contributed by atoms with Gasteiger partial charge in [0.1, 0.15) is 5.78 Å². The summed E-state index contributed by atoms with van der Waals surface area (Å²) < 4.78 is 0. The first-order valence-corrected chi connectivity index (χ1v) is 3.50. The van der Waals surface area contributed by atoms with Crippen LogP contribution in [0, 0.1) is 0 Å². The third-order valence-corrected chi connectivity index (χ3v) is 1.65. The summed E-state index contributed by atoms with van der Waals surface area (Å²) in [6.45, 7) is 3.38. The summed E-state index contributed by atoms with van der Waals surface area (Å²) in [4.78, 5) is 10.9. The van der Waals surface area contributed by atoms with Gasteiger partial charge in [0.25, 0.3) is 0 Å². The first-order valence-electron chi connectivity index (χ1n) is 3.50. The lowest BCUT2D eigenvalue weighted by molar-refractivity contribution is -0.118. The molecule has 11 heavy (non-hydrogen) atoms. The molecule has 1 rings (SSSR count). The number of Topliss-reactive ketones (excluding diaryl/α,β-unsaturated/α-hetero) is 1. The van der Waals surface area contributed by atoms with Crippen LogP contribution in [0.1, 0.15) is 25.5 Å². The minimum atomic E-state index is -0.135. The standard InChI is InChI=1S/C8H10N2O/c1-6(7(2)11)8-4-3-5-9-10-8/h3-6H,1-2H3. The Labute approximate surface area is 65.5 Å². The van der Waals surface area contributed by atoms with Gasteiger partial charge in [-0.25, -0.2) is 0 Å². The van der Waals surface area contributed by atoms with Crippen molar-refractivity contribution < 1.29 is 4.79 Å². The first kappa shape index (κ1) is 7.85. The van der Waals surface area contributed by atoms with Crippen LogP contribution in [0.2, 0.25) is 0 Å². The summed E-state index contributed by atoms with van der Waals surface area (Å²) >= 11 is 0. The number of ketones is 1. The molecule has 3 heteroatoms. The third-order valence-electron chi connectivity index (χ3n) is 1.65. The Bertz CT molecular complexity index is 246. The van der Waals surface area contributed by atoms with Crippen LogP contribution in [0.4, 0.5) is 0 Å². The van der Waals surface area contributed by atoms with Crippen molar-refractivity contribution in [3.8, 4) is 0 Å². The molecule has 58 valence electrons. The minimum absolute atomic E-state index is 0.116. The summed E-state index contributed by atoms with van der Waals surface area (Å²) in [7, 11) is 0. The lowest BCUT2D eigenvalue weighted by Gasteiger charge is -2.03. The molecule has 0 aliphatic rings. The topological polar surface area (TPSA) is 42.9 Å². The summed E-state index contributed by atoms with van der Waals surface area (Å²) in [5.41, 5.74) is 0.736. The second-order valence-electron chi connectivity index (χ2n) is 2.48. The van der Waals surface area contributed by atoms with E-state index >= 15 is 0 Å². The van der Waals surface area contributed by atoms with Crippen LogP contribution in [-0.2, 0) is 4.79 Å². The maximum absolute atomic E-state index is 10.9. The maximum atomic E-state index is 10.9. The van der Waals surface area contributed by atoms with Crippen molar-refractivity contribution in [2.24, 2.45) is 0 Å². The van der Waals surface area contributed by atoms with Crippen LogP contribution < -0.4 is 0 Å². The van der Waals surface area contributed by atoms with Gasteiger partial charge in [0.15, 0.2) is 0 Å². The van der Waals surface area contributed by atoms with E-state index in [-0.39, 0.29) is 11.7 Å². The number of hydrogen-bond acceptors (Lipinski definition) is 3. The van der Waals surface area contributed by atoms with Crippen molar-refractivity contribution >= 4 is 5.78 Å². The van der Waals surface area contributed by atoms with Crippen molar-refractivity contribution in [1.82, 2.24) is 10.2 Å². The van der Waals surface area contributed by atoms with Crippen molar-refractivity contribution in [2.45, 2.75) is 19.8 Å². The van der Waals surface area contributed by atoms with Gasteiger partial charge in [-0.2, -0.15) is 10.2 Å². The molecule has 0 fully saturated rings. The van der Waals surface area contributed by atoms with Gasteiger partial charge in [-0.05, 0) is 26.0 Å². The summed E-state index contributed by atoms with van der Waals surface area (Å²) in [5.74, 6) is -0.0193. The number of aromatic nitrogens is 2. The Hall–Kier alpha value is -1.25. The average Bonchev–Trinajstić information content (AvgIpc) is 2.05. The van der Waals surface area contributed by atoms with Crippen molar-refractivity contribution in [1.29, 1.82) is 0 Å². The number of carbonyl (C=O) groups excluding carboxylic acids is 1. The summed E-state index contributed by atoms with van der Waals surface area (Å²) in [6.07, 6.45) is 1.59. The van der Waals surface area contributed by atoms with E-state index in [0.717, 1.165) is 5.69 Å². The predicted molar refractivity (Wildman–Crippen MR) is 41.1 cm³/mol. The van der Waals surface area contributed by atoms with Crippen LogP contribution in [0.3, 0.4) is 0 Å². The highest BCUT2D eigenvalue weighted by Crippen LogP contribution is 2.10. The second kappa shape index (κ2) is 3.23. The highest BCUT2D eigenvalue weighted by Gasteiger charge is 2.10. The predicted octanol–water partition coefficient (Wildman–Crippen LogP) is 1.17. The third kappa shape index (κ3) is 1.83. The van der Waals surface area contributed by atoms with E-state index < -0.39 is 0 Å². The number of nitrogens with zero attached hydrogens (tertiary/aromatic N) is 2. The number of carbonyl (C=O) groups is 1. The largest absolute Gasteiger partial charge is 0.299 e. The molecule has 0 aromatic carbocycles. The highest BCUT2D eigenvalue weighted by atomic mass is 16.1. The molecule has 0 N–H and O–H groups in total. The molecule has 0 spiro atoms. The summed E-state index contributed by atoms with van der Waals surface area (Å²) in [6, 6.07) is 3.58. The number of rotatable bonds is 2. The van der Waals surface area contributed by atoms with Gasteiger partial charge in [-0.15, -0.1) is 0 Å². The van der Waals surface area contributed by atoms with Gasteiger partial charge in [0.2, 0.25) is 0 Å². The molecule has 3 nitrogen and oxygen atoms in total. The fourth-order valence-electron chi connectivity index (χ4n) is 0.753. The Morgan fingerprint density at radius 3 is 2.82 bits per heavy atom. The molecule has 0 aliphatic heterocycles. The SMILES string of the molecule is CC(=O)C(C)c1cccnn1. The second-order valence-corrected chi connectivity index (χ2v) is 2.48. The van der Waals surface area contributed by atoms with E-state index in [4.69, 9.17) is 0 Å². The van der Waals surface area contributed by atoms with Gasteiger partial charge >= 0.3 is 0 Å². The van der Waals surface area contributed by atoms with Crippen molar-refractivity contribution in [2.75, 3.05) is 0 Å². The number of hydrogen-bond donors (Lipinski definition) is 0. The van der Waals surface area contributed by atoms with Crippen LogP contribution >= 0.6 is 0 Å². The van der Waals surface area contributed by atoms with Gasteiger partial charge in [-0.1, -0.05) is 0 Å². The Morgan fingerprint density at radius 1 is 1.64 bits per heavy atom. The monoisotopic (exact) mass is 150 g/mol. The quantitative estimate of drug-likeness (QED) is 0.635. The van der Waals surface area contributed by atoms with Gasteiger partial charge in [0, 0.05) is 6.20 Å². The zero-order valence-electron chi connectivity index (χ0n) is 6.61. The lowest BCUT2D eigenvalue weighted by Crippen LogP contribution is -2.06. The van der Waals surface area contributed by atoms with Gasteiger partial charge in [0.05, 0.1) is 11.6 Å². The van der Waals surface area contributed by atoms with E-state index in [1.165, 1.54) is 0 Å². The Kier molecular flexibility index (Phi) is 2.31. The zero-order valence-corrected chi connectivity index (χ0v) is 6.61. The minimum Gasteiger partial charge on any atom is -0.299 e. The Morgan fingerprint density at radius 2 is 2.36 bits per heavy atom. The van der Waals surface area contributed by atoms with E-state index in [1.54, 1.807) is 25.3 Å². The molecule has 0 bridgehead atoms. The molecular formula is C8H10N2O. The van der Waals surface area contributed by atoms with Gasteiger partial charge in [-0.3, -0.25) is 4.79 Å². The lowest BCUT2D eigenvalue weighted by atomic mass is 10.0. The average molecular weight is 150 g/mol. The van der Waals surface area contributed by atoms with Crippen molar-refractivity contribution in [3.05, 3.63) is 24.0 Å². The molecule has 0 amide bonds. The fourth-order valence-corrected chi connectivity index (χ4v) is 0.753. The maximum Gasteiger partial charge on any atom is 0.138 e. The summed E-state index contributed by atoms with van der Waals surface area (Å²) in [5, 5.41) is 7.52.